The van der Waals surface area contributed by atoms with E-state index < -0.39 is 6.10 Å². The summed E-state index contributed by atoms with van der Waals surface area (Å²) in [7, 11) is 0. The zero-order valence-corrected chi connectivity index (χ0v) is 35.5. The molecule has 0 heterocycles. The first kappa shape index (κ1) is 51.4. The molecule has 6 nitrogen and oxygen atoms in total. The summed E-state index contributed by atoms with van der Waals surface area (Å²) in [6, 6.07) is 0. The highest BCUT2D eigenvalue weighted by molar-refractivity contribution is 5.71. The first-order valence-electron chi connectivity index (χ1n) is 22.6. The van der Waals surface area contributed by atoms with E-state index in [-0.39, 0.29) is 31.1 Å². The van der Waals surface area contributed by atoms with E-state index in [1.54, 1.807) is 0 Å². The molecule has 6 heteroatoms. The van der Waals surface area contributed by atoms with E-state index >= 15 is 0 Å². The van der Waals surface area contributed by atoms with Crippen molar-refractivity contribution in [2.24, 2.45) is 0 Å². The van der Waals surface area contributed by atoms with Crippen molar-refractivity contribution in [1.82, 2.24) is 0 Å². The minimum absolute atomic E-state index is 0.0805. The number of carbonyl (C=O) groups excluding carboxylic acids is 3. The predicted octanol–water partition coefficient (Wildman–Crippen LogP) is 14.4. The minimum atomic E-state index is -0.775. The van der Waals surface area contributed by atoms with Gasteiger partial charge in [0.2, 0.25) is 0 Å². The lowest BCUT2D eigenvalue weighted by Crippen LogP contribution is -2.30. The molecule has 0 rings (SSSR count). The van der Waals surface area contributed by atoms with E-state index in [1.807, 2.05) is 0 Å². The Kier molecular flexibility index (Phi) is 41.0. The molecule has 1 atom stereocenters. The molecule has 0 N–H and O–H groups in total. The summed E-state index contributed by atoms with van der Waals surface area (Å²) in [5.74, 6) is -0.914. The first-order chi connectivity index (χ1) is 26.5. The zero-order valence-electron chi connectivity index (χ0n) is 35.5. The fourth-order valence-corrected chi connectivity index (χ4v) is 6.16. The van der Waals surface area contributed by atoms with E-state index in [9.17, 15) is 14.4 Å². The van der Waals surface area contributed by atoms with E-state index in [0.29, 0.717) is 19.3 Å². The van der Waals surface area contributed by atoms with Gasteiger partial charge >= 0.3 is 17.9 Å². The van der Waals surface area contributed by atoms with Gasteiger partial charge in [-0.05, 0) is 77.0 Å². The highest BCUT2D eigenvalue weighted by Gasteiger charge is 2.19. The Morgan fingerprint density at radius 1 is 0.389 bits per heavy atom. The second-order valence-corrected chi connectivity index (χ2v) is 14.9. The highest BCUT2D eigenvalue weighted by Crippen LogP contribution is 2.13. The number of ether oxygens (including phenoxy) is 3. The third kappa shape index (κ3) is 40.6. The normalized spacial score (nSPS) is 12.4. The Morgan fingerprint density at radius 3 is 1.15 bits per heavy atom. The topological polar surface area (TPSA) is 78.9 Å². The maximum absolute atomic E-state index is 12.7. The molecule has 0 aliphatic carbocycles. The second kappa shape index (κ2) is 43.1. The highest BCUT2D eigenvalue weighted by atomic mass is 16.6. The van der Waals surface area contributed by atoms with Crippen LogP contribution in [0.5, 0.6) is 0 Å². The number of allylic oxidation sites excluding steroid dienone is 8. The minimum Gasteiger partial charge on any atom is -0.462 e. The maximum Gasteiger partial charge on any atom is 0.306 e. The van der Waals surface area contributed by atoms with Crippen molar-refractivity contribution < 1.29 is 28.6 Å². The second-order valence-electron chi connectivity index (χ2n) is 14.9. The van der Waals surface area contributed by atoms with Gasteiger partial charge in [-0.15, -0.1) is 0 Å². The lowest BCUT2D eigenvalue weighted by molar-refractivity contribution is -0.167. The van der Waals surface area contributed by atoms with Gasteiger partial charge in [0.25, 0.3) is 0 Å². The molecule has 0 radical (unpaired) electrons. The van der Waals surface area contributed by atoms with Gasteiger partial charge in [-0.2, -0.15) is 0 Å². The summed E-state index contributed by atoms with van der Waals surface area (Å²) in [6.45, 7) is 6.41. The van der Waals surface area contributed by atoms with Crippen molar-refractivity contribution >= 4 is 17.9 Å². The lowest BCUT2D eigenvalue weighted by Gasteiger charge is -2.18. The van der Waals surface area contributed by atoms with Crippen molar-refractivity contribution in [3.05, 3.63) is 48.6 Å². The van der Waals surface area contributed by atoms with Crippen LogP contribution in [-0.2, 0) is 28.6 Å². The molecule has 54 heavy (non-hydrogen) atoms. The van der Waals surface area contributed by atoms with Gasteiger partial charge in [-0.3, -0.25) is 14.4 Å². The fourth-order valence-electron chi connectivity index (χ4n) is 6.16. The van der Waals surface area contributed by atoms with Crippen molar-refractivity contribution in [2.45, 2.75) is 226 Å². The maximum atomic E-state index is 12.7. The smallest absolute Gasteiger partial charge is 0.306 e. The first-order valence-corrected chi connectivity index (χ1v) is 22.6. The molecule has 312 valence electrons. The molecule has 0 spiro atoms. The van der Waals surface area contributed by atoms with Gasteiger partial charge in [-0.1, -0.05) is 172 Å². The van der Waals surface area contributed by atoms with E-state index in [4.69, 9.17) is 14.2 Å². The number of rotatable bonds is 40. The SMILES string of the molecule is CC/C=C\C/C=C\C/C=C\CCCCCCCCCC(=O)OCC(COC(=O)CCCCCCC)OC(=O)CCCCCCC/C=C\CCCCCCC. The van der Waals surface area contributed by atoms with E-state index in [0.717, 1.165) is 103 Å². The van der Waals surface area contributed by atoms with Gasteiger partial charge in [0.1, 0.15) is 13.2 Å². The Bertz CT molecular complexity index is 964. The average molecular weight is 757 g/mol. The Labute approximate surface area is 333 Å². The third-order valence-corrected chi connectivity index (χ3v) is 9.57. The summed E-state index contributed by atoms with van der Waals surface area (Å²) >= 11 is 0. The summed E-state index contributed by atoms with van der Waals surface area (Å²) in [6.07, 6.45) is 49.8. The number of unbranched alkanes of at least 4 members (excludes halogenated alkanes) is 21. The van der Waals surface area contributed by atoms with E-state index in [2.05, 4.69) is 69.4 Å². The van der Waals surface area contributed by atoms with Crippen LogP contribution in [0, 0.1) is 0 Å². The average Bonchev–Trinajstić information content (AvgIpc) is 3.17. The number of esters is 3. The van der Waals surface area contributed by atoms with Crippen molar-refractivity contribution in [3.8, 4) is 0 Å². The van der Waals surface area contributed by atoms with Crippen LogP contribution in [0.2, 0.25) is 0 Å². The van der Waals surface area contributed by atoms with Gasteiger partial charge in [-0.25, -0.2) is 0 Å². The lowest BCUT2D eigenvalue weighted by atomic mass is 10.1. The van der Waals surface area contributed by atoms with Gasteiger partial charge in [0.15, 0.2) is 6.10 Å². The van der Waals surface area contributed by atoms with Crippen LogP contribution in [0.15, 0.2) is 48.6 Å². The Balaban J connectivity index is 4.24. The summed E-state index contributed by atoms with van der Waals surface area (Å²) in [4.78, 5) is 37.5. The van der Waals surface area contributed by atoms with Gasteiger partial charge in [0.05, 0.1) is 0 Å². The molecule has 1 unspecified atom stereocenters. The summed E-state index contributed by atoms with van der Waals surface area (Å²) < 4.78 is 16.6. The molecular weight excluding hydrogens is 673 g/mol. The van der Waals surface area contributed by atoms with Crippen LogP contribution in [-0.4, -0.2) is 37.2 Å². The molecule has 0 aromatic heterocycles. The number of carbonyl (C=O) groups is 3. The van der Waals surface area contributed by atoms with Crippen LogP contribution in [0.1, 0.15) is 220 Å². The Morgan fingerprint density at radius 2 is 0.722 bits per heavy atom. The van der Waals surface area contributed by atoms with Crippen molar-refractivity contribution in [3.63, 3.8) is 0 Å². The van der Waals surface area contributed by atoms with Gasteiger partial charge in [0, 0.05) is 19.3 Å². The summed E-state index contributed by atoms with van der Waals surface area (Å²) in [5.41, 5.74) is 0. The van der Waals surface area contributed by atoms with E-state index in [1.165, 1.54) is 77.0 Å². The monoisotopic (exact) mass is 757 g/mol. The molecule has 0 aromatic rings. The molecule has 0 bridgehead atoms. The molecule has 0 fully saturated rings. The molecule has 0 saturated carbocycles. The molecule has 0 aliphatic heterocycles. The third-order valence-electron chi connectivity index (χ3n) is 9.57. The predicted molar refractivity (Wildman–Crippen MR) is 229 cm³/mol. The number of hydrogen-bond acceptors (Lipinski definition) is 6. The van der Waals surface area contributed by atoms with Crippen LogP contribution >= 0.6 is 0 Å². The van der Waals surface area contributed by atoms with Crippen molar-refractivity contribution in [1.29, 1.82) is 0 Å². The number of hydrogen-bond donors (Lipinski definition) is 0. The van der Waals surface area contributed by atoms with Crippen LogP contribution in [0.25, 0.3) is 0 Å². The molecule has 0 aliphatic rings. The van der Waals surface area contributed by atoms with Crippen LogP contribution in [0.3, 0.4) is 0 Å². The van der Waals surface area contributed by atoms with Gasteiger partial charge < -0.3 is 14.2 Å². The standard InChI is InChI=1S/C48H84O6/c1-4-7-10-13-15-17-19-21-23-24-25-27-28-30-32-35-38-41-47(50)53-44-45(43-52-46(49)40-37-34-12-9-6-3)54-48(51)42-39-36-33-31-29-26-22-20-18-16-14-11-8-5-2/h7,10,15,17,20-23,45H,4-6,8-9,11-14,16,18-19,24-44H2,1-3H3/b10-7-,17-15-,22-20-,23-21-. The molecular formula is C48H84O6. The van der Waals surface area contributed by atoms with Crippen molar-refractivity contribution in [2.75, 3.05) is 13.2 Å². The Hall–Kier alpha value is -2.63. The molecule has 0 saturated heterocycles. The molecule has 0 amide bonds. The quantitative estimate of drug-likeness (QED) is 0.0268. The van der Waals surface area contributed by atoms with Crippen LogP contribution < -0.4 is 0 Å². The zero-order chi connectivity index (χ0) is 39.4. The largest absolute Gasteiger partial charge is 0.462 e. The molecule has 0 aromatic carbocycles. The fraction of sp³-hybridized carbons (Fsp3) is 0.771. The van der Waals surface area contributed by atoms with Crippen LogP contribution in [0.4, 0.5) is 0 Å². The summed E-state index contributed by atoms with van der Waals surface area (Å²) in [5, 5.41) is 0.